The molecule has 0 saturated carbocycles. The number of hydrogen-bond donors (Lipinski definition) is 2. The fourth-order valence-electron chi connectivity index (χ4n) is 2.46. The first kappa shape index (κ1) is 13.5. The molecule has 0 aliphatic carbocycles. The SMILES string of the molecule is CCC[C@H](N)C(=O)N1CC(C(=O)O)c2ccccc21. The summed E-state index contributed by atoms with van der Waals surface area (Å²) < 4.78 is 0. The van der Waals surface area contributed by atoms with Gasteiger partial charge in [-0.3, -0.25) is 9.59 Å². The minimum absolute atomic E-state index is 0.172. The molecule has 0 fully saturated rings. The maximum atomic E-state index is 12.3. The minimum atomic E-state index is -0.910. The van der Waals surface area contributed by atoms with Gasteiger partial charge < -0.3 is 15.7 Å². The first-order valence-electron chi connectivity index (χ1n) is 6.45. The van der Waals surface area contributed by atoms with Crippen LogP contribution in [-0.2, 0) is 9.59 Å². The van der Waals surface area contributed by atoms with Gasteiger partial charge in [0.2, 0.25) is 5.91 Å². The first-order chi connectivity index (χ1) is 9.06. The van der Waals surface area contributed by atoms with Gasteiger partial charge in [0, 0.05) is 12.2 Å². The molecule has 19 heavy (non-hydrogen) atoms. The van der Waals surface area contributed by atoms with E-state index in [9.17, 15) is 14.7 Å². The molecule has 1 aliphatic heterocycles. The Morgan fingerprint density at radius 2 is 2.16 bits per heavy atom. The summed E-state index contributed by atoms with van der Waals surface area (Å²) in [7, 11) is 0. The summed E-state index contributed by atoms with van der Waals surface area (Å²) in [5, 5.41) is 9.23. The van der Waals surface area contributed by atoms with Crippen molar-refractivity contribution in [2.24, 2.45) is 5.73 Å². The van der Waals surface area contributed by atoms with Crippen molar-refractivity contribution >= 4 is 17.6 Å². The number of benzene rings is 1. The zero-order chi connectivity index (χ0) is 14.0. The first-order valence-corrected chi connectivity index (χ1v) is 6.45. The number of hydrogen-bond acceptors (Lipinski definition) is 3. The van der Waals surface area contributed by atoms with Gasteiger partial charge in [0.1, 0.15) is 5.92 Å². The van der Waals surface area contributed by atoms with Crippen LogP contribution in [0.2, 0.25) is 0 Å². The van der Waals surface area contributed by atoms with Crippen LogP contribution in [0.4, 0.5) is 5.69 Å². The van der Waals surface area contributed by atoms with E-state index in [2.05, 4.69) is 0 Å². The van der Waals surface area contributed by atoms with Crippen molar-refractivity contribution in [1.29, 1.82) is 0 Å². The van der Waals surface area contributed by atoms with E-state index in [1.165, 1.54) is 4.90 Å². The molecule has 0 radical (unpaired) electrons. The Kier molecular flexibility index (Phi) is 3.85. The maximum Gasteiger partial charge on any atom is 0.312 e. The number of fused-ring (bicyclic) bond motifs is 1. The molecular formula is C14H18N2O3. The van der Waals surface area contributed by atoms with Gasteiger partial charge in [-0.25, -0.2) is 0 Å². The Morgan fingerprint density at radius 1 is 1.47 bits per heavy atom. The van der Waals surface area contributed by atoms with E-state index < -0.39 is 17.9 Å². The summed E-state index contributed by atoms with van der Waals surface area (Å²) in [6.45, 7) is 2.13. The van der Waals surface area contributed by atoms with Gasteiger partial charge in [-0.2, -0.15) is 0 Å². The van der Waals surface area contributed by atoms with Gasteiger partial charge in [0.25, 0.3) is 0 Å². The Balaban J connectivity index is 2.30. The zero-order valence-electron chi connectivity index (χ0n) is 10.9. The second-order valence-corrected chi connectivity index (χ2v) is 4.79. The Labute approximate surface area is 112 Å². The van der Waals surface area contributed by atoms with Gasteiger partial charge in [-0.05, 0) is 18.1 Å². The number of rotatable bonds is 4. The topological polar surface area (TPSA) is 83.6 Å². The molecule has 5 nitrogen and oxygen atoms in total. The molecule has 0 bridgehead atoms. The number of nitrogens with zero attached hydrogens (tertiary/aromatic N) is 1. The van der Waals surface area contributed by atoms with E-state index in [0.717, 1.165) is 6.42 Å². The number of carbonyl (C=O) groups is 2. The summed E-state index contributed by atoms with van der Waals surface area (Å²) in [6, 6.07) is 6.55. The van der Waals surface area contributed by atoms with Crippen molar-refractivity contribution < 1.29 is 14.7 Å². The van der Waals surface area contributed by atoms with Crippen LogP contribution in [0.25, 0.3) is 0 Å². The molecule has 102 valence electrons. The number of amides is 1. The zero-order valence-corrected chi connectivity index (χ0v) is 10.9. The van der Waals surface area contributed by atoms with E-state index >= 15 is 0 Å². The van der Waals surface area contributed by atoms with Crippen LogP contribution in [0.3, 0.4) is 0 Å². The molecule has 0 aromatic heterocycles. The molecule has 5 heteroatoms. The third-order valence-electron chi connectivity index (χ3n) is 3.45. The van der Waals surface area contributed by atoms with Gasteiger partial charge in [-0.1, -0.05) is 31.5 Å². The van der Waals surface area contributed by atoms with Crippen molar-refractivity contribution in [1.82, 2.24) is 0 Å². The molecule has 1 aromatic rings. The fourth-order valence-corrected chi connectivity index (χ4v) is 2.46. The molecule has 1 amide bonds. The predicted octanol–water partition coefficient (Wildman–Crippen LogP) is 1.33. The average molecular weight is 262 g/mol. The molecule has 1 aromatic carbocycles. The van der Waals surface area contributed by atoms with Crippen LogP contribution in [0, 0.1) is 0 Å². The van der Waals surface area contributed by atoms with Crippen LogP contribution in [-0.4, -0.2) is 29.6 Å². The lowest BCUT2D eigenvalue weighted by atomic mass is 10.0. The minimum Gasteiger partial charge on any atom is -0.481 e. The Bertz CT molecular complexity index is 501. The maximum absolute atomic E-state index is 12.3. The average Bonchev–Trinajstić information content (AvgIpc) is 2.78. The van der Waals surface area contributed by atoms with Crippen LogP contribution in [0.1, 0.15) is 31.2 Å². The highest BCUT2D eigenvalue weighted by molar-refractivity contribution is 6.01. The quantitative estimate of drug-likeness (QED) is 0.857. The number of carbonyl (C=O) groups excluding carboxylic acids is 1. The Hall–Kier alpha value is -1.88. The lowest BCUT2D eigenvalue weighted by Crippen LogP contribution is -2.43. The third-order valence-corrected chi connectivity index (χ3v) is 3.45. The van der Waals surface area contributed by atoms with Gasteiger partial charge in [0.15, 0.2) is 0 Å². The number of carboxylic acid groups (broad SMARTS) is 1. The van der Waals surface area contributed by atoms with Crippen molar-refractivity contribution in [3.05, 3.63) is 29.8 Å². The molecule has 1 heterocycles. The summed E-state index contributed by atoms with van der Waals surface area (Å²) in [5.74, 6) is -1.76. The molecular weight excluding hydrogens is 244 g/mol. The Morgan fingerprint density at radius 3 is 2.79 bits per heavy atom. The standard InChI is InChI=1S/C14H18N2O3/c1-2-5-11(15)13(17)16-8-10(14(18)19)9-6-3-4-7-12(9)16/h3-4,6-7,10-11H,2,5,8,15H2,1H3,(H,18,19)/t10?,11-/m0/s1. The van der Waals surface area contributed by atoms with Crippen LogP contribution >= 0.6 is 0 Å². The van der Waals surface area contributed by atoms with Crippen molar-refractivity contribution in [2.45, 2.75) is 31.7 Å². The van der Waals surface area contributed by atoms with E-state index in [1.807, 2.05) is 6.92 Å². The highest BCUT2D eigenvalue weighted by Gasteiger charge is 2.37. The number of carboxylic acids is 1. The van der Waals surface area contributed by atoms with E-state index in [-0.39, 0.29) is 12.5 Å². The van der Waals surface area contributed by atoms with Gasteiger partial charge >= 0.3 is 5.97 Å². The third kappa shape index (κ3) is 2.46. The molecule has 0 saturated heterocycles. The van der Waals surface area contributed by atoms with Crippen LogP contribution in [0.5, 0.6) is 0 Å². The van der Waals surface area contributed by atoms with E-state index in [4.69, 9.17) is 5.73 Å². The summed E-state index contributed by atoms with van der Waals surface area (Å²) in [5.41, 5.74) is 7.21. The molecule has 1 aliphatic rings. The van der Waals surface area contributed by atoms with Crippen molar-refractivity contribution in [3.63, 3.8) is 0 Å². The normalized spacial score (nSPS) is 19.1. The number of para-hydroxylation sites is 1. The number of aliphatic carboxylic acids is 1. The summed E-state index contributed by atoms with van der Waals surface area (Å²) in [4.78, 5) is 25.0. The number of nitrogens with two attached hydrogens (primary N) is 1. The van der Waals surface area contributed by atoms with Crippen molar-refractivity contribution in [2.75, 3.05) is 11.4 Å². The van der Waals surface area contributed by atoms with E-state index in [1.54, 1.807) is 24.3 Å². The summed E-state index contributed by atoms with van der Waals surface area (Å²) in [6.07, 6.45) is 1.43. The highest BCUT2D eigenvalue weighted by atomic mass is 16.4. The lowest BCUT2D eigenvalue weighted by Gasteiger charge is -2.21. The van der Waals surface area contributed by atoms with Crippen molar-refractivity contribution in [3.8, 4) is 0 Å². The largest absolute Gasteiger partial charge is 0.481 e. The predicted molar refractivity (Wildman–Crippen MR) is 72.1 cm³/mol. The van der Waals surface area contributed by atoms with E-state index in [0.29, 0.717) is 17.7 Å². The summed E-state index contributed by atoms with van der Waals surface area (Å²) >= 11 is 0. The highest BCUT2D eigenvalue weighted by Crippen LogP contribution is 2.36. The molecule has 1 unspecified atom stereocenters. The lowest BCUT2D eigenvalue weighted by molar-refractivity contribution is -0.138. The number of anilines is 1. The fraction of sp³-hybridized carbons (Fsp3) is 0.429. The van der Waals surface area contributed by atoms with Gasteiger partial charge in [0.05, 0.1) is 6.04 Å². The molecule has 2 atom stereocenters. The second kappa shape index (κ2) is 5.40. The van der Waals surface area contributed by atoms with Crippen LogP contribution in [0.15, 0.2) is 24.3 Å². The smallest absolute Gasteiger partial charge is 0.312 e. The van der Waals surface area contributed by atoms with Gasteiger partial charge in [-0.15, -0.1) is 0 Å². The monoisotopic (exact) mass is 262 g/mol. The second-order valence-electron chi connectivity index (χ2n) is 4.79. The molecule has 3 N–H and O–H groups in total. The molecule has 2 rings (SSSR count). The molecule has 0 spiro atoms. The van der Waals surface area contributed by atoms with Crippen LogP contribution < -0.4 is 10.6 Å².